The molecule has 0 aromatic heterocycles. The van der Waals surface area contributed by atoms with E-state index >= 15 is 0 Å². The standard InChI is InChI=1S/C6H16N2.2ClH.Pt/c1-3-6(2,8)4-5-7;;;/h3-5,7-8H2,1-2H3;2*1H;/q;;;+2/p-2. The van der Waals surface area contributed by atoms with Gasteiger partial charge in [-0.05, 0) is 26.3 Å². The molecule has 1 atom stereocenters. The van der Waals surface area contributed by atoms with Crippen LogP contribution in [0.5, 0.6) is 0 Å². The van der Waals surface area contributed by atoms with Crippen molar-refractivity contribution in [2.45, 2.75) is 32.2 Å². The topological polar surface area (TPSA) is 52.0 Å². The molecule has 0 aromatic rings. The Morgan fingerprint density at radius 3 is 1.91 bits per heavy atom. The summed E-state index contributed by atoms with van der Waals surface area (Å²) in [5, 5.41) is 0. The summed E-state index contributed by atoms with van der Waals surface area (Å²) >= 11 is -0.472. The summed E-state index contributed by atoms with van der Waals surface area (Å²) in [6, 6.07) is 0. The zero-order valence-electron chi connectivity index (χ0n) is 6.85. The number of halogens is 2. The third-order valence-electron chi connectivity index (χ3n) is 1.52. The quantitative estimate of drug-likeness (QED) is 0.783. The summed E-state index contributed by atoms with van der Waals surface area (Å²) in [5.74, 6) is 0. The van der Waals surface area contributed by atoms with Gasteiger partial charge in [0.2, 0.25) is 0 Å². The van der Waals surface area contributed by atoms with Gasteiger partial charge in [0, 0.05) is 5.54 Å². The molecule has 0 fully saturated rings. The van der Waals surface area contributed by atoms with Crippen LogP contribution in [0.2, 0.25) is 0 Å². The van der Waals surface area contributed by atoms with Gasteiger partial charge in [0.05, 0.1) is 0 Å². The molecule has 0 bridgehead atoms. The zero-order valence-corrected chi connectivity index (χ0v) is 10.6. The first-order chi connectivity index (χ1) is 5.04. The fourth-order valence-corrected chi connectivity index (χ4v) is 0.507. The molecule has 74 valence electrons. The molecule has 0 saturated heterocycles. The summed E-state index contributed by atoms with van der Waals surface area (Å²) < 4.78 is 0. The third-order valence-corrected chi connectivity index (χ3v) is 1.52. The van der Waals surface area contributed by atoms with Crippen molar-refractivity contribution in [3.8, 4) is 0 Å². The van der Waals surface area contributed by atoms with E-state index in [1.165, 1.54) is 0 Å². The van der Waals surface area contributed by atoms with E-state index in [4.69, 9.17) is 30.3 Å². The van der Waals surface area contributed by atoms with Crippen LogP contribution >= 0.6 is 18.8 Å². The van der Waals surface area contributed by atoms with E-state index < -0.39 is 16.5 Å². The molecule has 11 heavy (non-hydrogen) atoms. The summed E-state index contributed by atoms with van der Waals surface area (Å²) in [7, 11) is 9.75. The van der Waals surface area contributed by atoms with Crippen LogP contribution in [0.4, 0.5) is 0 Å². The molecule has 0 rings (SSSR count). The van der Waals surface area contributed by atoms with E-state index in [0.717, 1.165) is 12.8 Å². The van der Waals surface area contributed by atoms with E-state index in [2.05, 4.69) is 6.92 Å². The molecule has 0 aliphatic heterocycles. The Kier molecular flexibility index (Phi) is 12.4. The summed E-state index contributed by atoms with van der Waals surface area (Å²) in [5.41, 5.74) is 11.0. The van der Waals surface area contributed by atoms with Crippen LogP contribution < -0.4 is 11.5 Å². The van der Waals surface area contributed by atoms with Gasteiger partial charge in [-0.1, -0.05) is 6.92 Å². The Balaban J connectivity index is 0. The van der Waals surface area contributed by atoms with Crippen molar-refractivity contribution < 1.29 is 16.5 Å². The fourth-order valence-electron chi connectivity index (χ4n) is 0.507. The molecular formula is C6H16Cl2N2Pt. The average Bonchev–Trinajstić information content (AvgIpc) is 1.90. The minimum atomic E-state index is -0.472. The summed E-state index contributed by atoms with van der Waals surface area (Å²) in [6.45, 7) is 4.80. The molecule has 0 aromatic carbocycles. The van der Waals surface area contributed by atoms with Crippen LogP contribution in [0.25, 0.3) is 0 Å². The predicted octanol–water partition coefficient (Wildman–Crippen LogP) is 1.84. The average molecular weight is 382 g/mol. The van der Waals surface area contributed by atoms with Crippen molar-refractivity contribution in [1.29, 1.82) is 0 Å². The van der Waals surface area contributed by atoms with Crippen molar-refractivity contribution >= 4 is 18.8 Å². The molecule has 0 amide bonds. The maximum absolute atomic E-state index is 5.75. The Morgan fingerprint density at radius 1 is 1.45 bits per heavy atom. The molecule has 0 spiro atoms. The summed E-state index contributed by atoms with van der Waals surface area (Å²) in [4.78, 5) is 0. The fraction of sp³-hybridized carbons (Fsp3) is 1.00. The third kappa shape index (κ3) is 14.1. The van der Waals surface area contributed by atoms with Crippen molar-refractivity contribution in [1.82, 2.24) is 0 Å². The Bertz CT molecular complexity index is 81.0. The van der Waals surface area contributed by atoms with Gasteiger partial charge in [0.1, 0.15) is 0 Å². The van der Waals surface area contributed by atoms with Gasteiger partial charge < -0.3 is 11.5 Å². The molecule has 0 saturated carbocycles. The van der Waals surface area contributed by atoms with E-state index in [1.54, 1.807) is 0 Å². The molecule has 0 radical (unpaired) electrons. The number of hydrogen-bond acceptors (Lipinski definition) is 2. The first kappa shape index (κ1) is 14.7. The molecule has 2 nitrogen and oxygen atoms in total. The Labute approximate surface area is 85.4 Å². The second kappa shape index (κ2) is 9.28. The molecule has 5 heteroatoms. The first-order valence-corrected chi connectivity index (χ1v) is 8.98. The van der Waals surface area contributed by atoms with E-state index in [1.807, 2.05) is 6.92 Å². The van der Waals surface area contributed by atoms with Crippen LogP contribution in [0, 0.1) is 0 Å². The summed E-state index contributed by atoms with van der Waals surface area (Å²) in [6.07, 6.45) is 1.92. The van der Waals surface area contributed by atoms with Gasteiger partial charge in [-0.25, -0.2) is 0 Å². The second-order valence-electron chi connectivity index (χ2n) is 2.59. The van der Waals surface area contributed by atoms with Crippen molar-refractivity contribution in [3.05, 3.63) is 0 Å². The van der Waals surface area contributed by atoms with E-state index in [-0.39, 0.29) is 5.54 Å². The maximum atomic E-state index is 5.75. The van der Waals surface area contributed by atoms with Crippen LogP contribution in [0.1, 0.15) is 26.7 Å². The normalized spacial score (nSPS) is 15.1. The molecule has 0 heterocycles. The molecule has 0 aliphatic rings. The molecular weight excluding hydrogens is 366 g/mol. The molecule has 1 unspecified atom stereocenters. The van der Waals surface area contributed by atoms with E-state index in [0.29, 0.717) is 6.54 Å². The van der Waals surface area contributed by atoms with Gasteiger partial charge in [-0.2, -0.15) is 0 Å². The SMILES string of the molecule is CCC(C)(N)CCN.[Cl][Pt][Cl]. The Morgan fingerprint density at radius 2 is 1.82 bits per heavy atom. The van der Waals surface area contributed by atoms with Crippen molar-refractivity contribution in [2.24, 2.45) is 11.5 Å². The van der Waals surface area contributed by atoms with Crippen LogP contribution in [-0.4, -0.2) is 12.1 Å². The predicted molar refractivity (Wildman–Crippen MR) is 48.3 cm³/mol. The minimum absolute atomic E-state index is 0.0330. The molecule has 4 N–H and O–H groups in total. The van der Waals surface area contributed by atoms with E-state index in [9.17, 15) is 0 Å². The van der Waals surface area contributed by atoms with Crippen molar-refractivity contribution in [3.63, 3.8) is 0 Å². The van der Waals surface area contributed by atoms with Gasteiger partial charge >= 0.3 is 35.3 Å². The van der Waals surface area contributed by atoms with Gasteiger partial charge in [-0.3, -0.25) is 0 Å². The Hall–Kier alpha value is 1.19. The molecule has 0 aliphatic carbocycles. The number of hydrogen-bond donors (Lipinski definition) is 2. The van der Waals surface area contributed by atoms with Crippen LogP contribution in [0.15, 0.2) is 0 Å². The van der Waals surface area contributed by atoms with Gasteiger partial charge in [-0.15, -0.1) is 0 Å². The van der Waals surface area contributed by atoms with Gasteiger partial charge in [0.25, 0.3) is 0 Å². The second-order valence-corrected chi connectivity index (χ2v) is 5.87. The number of rotatable bonds is 3. The first-order valence-electron chi connectivity index (χ1n) is 3.35. The van der Waals surface area contributed by atoms with Crippen LogP contribution in [0.3, 0.4) is 0 Å². The van der Waals surface area contributed by atoms with Crippen molar-refractivity contribution in [2.75, 3.05) is 6.54 Å². The van der Waals surface area contributed by atoms with Crippen LogP contribution in [-0.2, 0) is 16.5 Å². The zero-order chi connectivity index (χ0) is 9.33. The number of nitrogens with two attached hydrogens (primary N) is 2. The van der Waals surface area contributed by atoms with Gasteiger partial charge in [0.15, 0.2) is 0 Å². The monoisotopic (exact) mass is 381 g/mol.